The Morgan fingerprint density at radius 2 is 2.17 bits per heavy atom. The predicted molar refractivity (Wildman–Crippen MR) is 54.3 cm³/mol. The molecule has 12 heavy (non-hydrogen) atoms. The highest BCUT2D eigenvalue weighted by Crippen LogP contribution is 2.20. The summed E-state index contributed by atoms with van der Waals surface area (Å²) < 4.78 is 0. The molecule has 0 unspecified atom stereocenters. The van der Waals surface area contributed by atoms with Crippen LogP contribution in [0.2, 0.25) is 5.02 Å². The molecule has 0 aliphatic rings. The topological polar surface area (TPSA) is 17.1 Å². The maximum atomic E-state index is 10.7. The molecule has 1 nitrogen and oxygen atoms in total. The van der Waals surface area contributed by atoms with Crippen LogP contribution in [0.1, 0.15) is 15.9 Å². The van der Waals surface area contributed by atoms with Gasteiger partial charge in [0.2, 0.25) is 0 Å². The molecule has 0 bridgehead atoms. The van der Waals surface area contributed by atoms with Crippen molar-refractivity contribution in [2.45, 2.75) is 5.33 Å². The zero-order chi connectivity index (χ0) is 9.14. The summed E-state index contributed by atoms with van der Waals surface area (Å²) in [4.78, 5) is 10.7. The third-order valence-electron chi connectivity index (χ3n) is 1.40. The van der Waals surface area contributed by atoms with Crippen LogP contribution in [0.4, 0.5) is 0 Å². The Hall–Kier alpha value is -0.0500. The molecule has 0 aromatic heterocycles. The summed E-state index contributed by atoms with van der Waals surface area (Å²) in [5, 5.41) is 0.580. The molecular weight excluding hydrogens is 263 g/mol. The third kappa shape index (κ3) is 2.22. The number of hydrogen-bond acceptors (Lipinski definition) is 1. The fraction of sp³-hybridized carbons (Fsp3) is 0.125. The van der Waals surface area contributed by atoms with Crippen molar-refractivity contribution in [3.8, 4) is 0 Å². The van der Waals surface area contributed by atoms with Gasteiger partial charge in [-0.3, -0.25) is 4.79 Å². The first kappa shape index (κ1) is 10.0. The molecule has 0 saturated heterocycles. The Labute approximate surface area is 88.8 Å². The second kappa shape index (κ2) is 4.26. The van der Waals surface area contributed by atoms with Crippen LogP contribution >= 0.6 is 39.1 Å². The Morgan fingerprint density at radius 3 is 2.58 bits per heavy atom. The summed E-state index contributed by atoms with van der Waals surface area (Å²) >= 11 is 14.3. The third-order valence-corrected chi connectivity index (χ3v) is 2.56. The van der Waals surface area contributed by atoms with E-state index in [0.29, 0.717) is 15.9 Å². The average Bonchev–Trinajstić information content (AvgIpc) is 2.03. The van der Waals surface area contributed by atoms with Crippen molar-refractivity contribution in [2.24, 2.45) is 0 Å². The van der Waals surface area contributed by atoms with Crippen molar-refractivity contribution in [1.29, 1.82) is 0 Å². The van der Waals surface area contributed by atoms with Crippen LogP contribution in [0.15, 0.2) is 18.2 Å². The number of rotatable bonds is 2. The predicted octanol–water partition coefficient (Wildman–Crippen LogP) is 3.61. The molecular formula is C8H5BrCl2O. The molecule has 0 atom stereocenters. The lowest BCUT2D eigenvalue weighted by Crippen LogP contribution is -1.90. The molecule has 0 spiro atoms. The smallest absolute Gasteiger partial charge is 0.253 e. The molecule has 0 saturated carbocycles. The van der Waals surface area contributed by atoms with Crippen LogP contribution in [0.25, 0.3) is 0 Å². The minimum absolute atomic E-state index is 0.350. The van der Waals surface area contributed by atoms with Gasteiger partial charge in [0.1, 0.15) is 0 Å². The lowest BCUT2D eigenvalue weighted by molar-refractivity contribution is 0.108. The van der Waals surface area contributed by atoms with Gasteiger partial charge in [0.25, 0.3) is 5.24 Å². The summed E-state index contributed by atoms with van der Waals surface area (Å²) in [6.45, 7) is 0. The normalized spacial score (nSPS) is 9.92. The maximum Gasteiger partial charge on any atom is 0.253 e. The maximum absolute atomic E-state index is 10.7. The van der Waals surface area contributed by atoms with E-state index in [9.17, 15) is 4.79 Å². The molecule has 0 amide bonds. The second-order valence-electron chi connectivity index (χ2n) is 2.22. The lowest BCUT2D eigenvalue weighted by atomic mass is 10.2. The first-order valence-electron chi connectivity index (χ1n) is 3.19. The fourth-order valence-electron chi connectivity index (χ4n) is 0.801. The summed E-state index contributed by atoms with van der Waals surface area (Å²) in [6, 6.07) is 5.14. The quantitative estimate of drug-likeness (QED) is 0.591. The van der Waals surface area contributed by atoms with Gasteiger partial charge in [0.15, 0.2) is 0 Å². The lowest BCUT2D eigenvalue weighted by Gasteiger charge is -2.00. The van der Waals surface area contributed by atoms with Crippen LogP contribution in [0, 0.1) is 0 Å². The zero-order valence-electron chi connectivity index (χ0n) is 5.98. The van der Waals surface area contributed by atoms with Gasteiger partial charge in [0, 0.05) is 5.33 Å². The SMILES string of the molecule is O=C(Cl)c1ccc(CBr)cc1Cl. The fourth-order valence-corrected chi connectivity index (χ4v) is 1.65. The van der Waals surface area contributed by atoms with E-state index >= 15 is 0 Å². The molecule has 0 N–H and O–H groups in total. The summed E-state index contributed by atoms with van der Waals surface area (Å²) in [5.74, 6) is 0. The first-order chi connectivity index (χ1) is 5.65. The Bertz CT molecular complexity index is 312. The molecule has 0 aliphatic heterocycles. The molecule has 1 rings (SSSR count). The van der Waals surface area contributed by atoms with Crippen molar-refractivity contribution in [1.82, 2.24) is 0 Å². The van der Waals surface area contributed by atoms with E-state index in [1.165, 1.54) is 0 Å². The highest BCUT2D eigenvalue weighted by molar-refractivity contribution is 9.08. The number of benzene rings is 1. The zero-order valence-corrected chi connectivity index (χ0v) is 9.08. The minimum Gasteiger partial charge on any atom is -0.276 e. The van der Waals surface area contributed by atoms with Crippen LogP contribution in [-0.2, 0) is 5.33 Å². The van der Waals surface area contributed by atoms with E-state index in [2.05, 4.69) is 15.9 Å². The summed E-state index contributed by atoms with van der Waals surface area (Å²) in [5.41, 5.74) is 1.37. The van der Waals surface area contributed by atoms with E-state index in [1.807, 2.05) is 0 Å². The van der Waals surface area contributed by atoms with Crippen molar-refractivity contribution in [2.75, 3.05) is 0 Å². The highest BCUT2D eigenvalue weighted by atomic mass is 79.9. The van der Waals surface area contributed by atoms with Crippen LogP contribution in [0.5, 0.6) is 0 Å². The number of carbonyl (C=O) groups is 1. The molecule has 64 valence electrons. The van der Waals surface area contributed by atoms with Gasteiger partial charge in [-0.2, -0.15) is 0 Å². The van der Waals surface area contributed by atoms with E-state index < -0.39 is 5.24 Å². The van der Waals surface area contributed by atoms with Gasteiger partial charge < -0.3 is 0 Å². The van der Waals surface area contributed by atoms with Crippen molar-refractivity contribution < 1.29 is 4.79 Å². The van der Waals surface area contributed by atoms with Crippen LogP contribution in [-0.4, -0.2) is 5.24 Å². The van der Waals surface area contributed by atoms with Crippen molar-refractivity contribution >= 4 is 44.4 Å². The number of hydrogen-bond donors (Lipinski definition) is 0. The van der Waals surface area contributed by atoms with Gasteiger partial charge in [-0.1, -0.05) is 33.6 Å². The van der Waals surface area contributed by atoms with E-state index in [-0.39, 0.29) is 0 Å². The molecule has 0 fully saturated rings. The van der Waals surface area contributed by atoms with Gasteiger partial charge in [0.05, 0.1) is 10.6 Å². The van der Waals surface area contributed by atoms with Gasteiger partial charge in [-0.25, -0.2) is 0 Å². The second-order valence-corrected chi connectivity index (χ2v) is 3.53. The number of carbonyl (C=O) groups excluding carboxylic acids is 1. The van der Waals surface area contributed by atoms with Crippen molar-refractivity contribution in [3.63, 3.8) is 0 Å². The summed E-state index contributed by atoms with van der Waals surface area (Å²) in [7, 11) is 0. The molecule has 0 radical (unpaired) electrons. The van der Waals surface area contributed by atoms with Gasteiger partial charge in [-0.05, 0) is 29.3 Å². The molecule has 4 heteroatoms. The average molecular weight is 268 g/mol. The number of alkyl halides is 1. The number of halogens is 3. The van der Waals surface area contributed by atoms with Crippen LogP contribution < -0.4 is 0 Å². The Morgan fingerprint density at radius 1 is 1.50 bits per heavy atom. The van der Waals surface area contributed by atoms with Crippen molar-refractivity contribution in [3.05, 3.63) is 34.3 Å². The standard InChI is InChI=1S/C8H5BrCl2O/c9-4-5-1-2-6(8(11)12)7(10)3-5/h1-3H,4H2. The van der Waals surface area contributed by atoms with Gasteiger partial charge >= 0.3 is 0 Å². The Balaban J connectivity index is 3.12. The molecule has 1 aromatic rings. The first-order valence-corrected chi connectivity index (χ1v) is 5.07. The minimum atomic E-state index is -0.527. The van der Waals surface area contributed by atoms with E-state index in [4.69, 9.17) is 23.2 Å². The monoisotopic (exact) mass is 266 g/mol. The molecule has 0 heterocycles. The molecule has 0 aliphatic carbocycles. The largest absolute Gasteiger partial charge is 0.276 e. The summed E-state index contributed by atoms with van der Waals surface area (Å²) in [6.07, 6.45) is 0. The van der Waals surface area contributed by atoms with Gasteiger partial charge in [-0.15, -0.1) is 0 Å². The van der Waals surface area contributed by atoms with Crippen LogP contribution in [0.3, 0.4) is 0 Å². The van der Waals surface area contributed by atoms with E-state index in [1.54, 1.807) is 18.2 Å². The van der Waals surface area contributed by atoms with E-state index in [0.717, 1.165) is 5.56 Å². The Kier molecular flexibility index (Phi) is 3.56. The molecule has 1 aromatic carbocycles. The highest BCUT2D eigenvalue weighted by Gasteiger charge is 2.06.